The van der Waals surface area contributed by atoms with Crippen molar-refractivity contribution in [1.29, 1.82) is 0 Å². The number of carbonyl (C=O) groups is 2. The minimum atomic E-state index is -0.642. The Labute approximate surface area is 68.2 Å². The lowest BCUT2D eigenvalue weighted by Gasteiger charge is -1.96. The molecule has 0 aliphatic rings. The molecule has 0 N–H and O–H groups in total. The molecule has 0 saturated carbocycles. The average molecular weight is 167 g/mol. The Hall–Kier alpha value is -1.58. The second-order valence-corrected chi connectivity index (χ2v) is 2.15. The van der Waals surface area contributed by atoms with Gasteiger partial charge in [-0.05, 0) is 6.07 Å². The zero-order valence-electron chi connectivity index (χ0n) is 6.16. The number of halogens is 1. The maximum Gasteiger partial charge on any atom is 0.174 e. The van der Waals surface area contributed by atoms with Gasteiger partial charge in [-0.25, -0.2) is 4.39 Å². The number of aromatic nitrogens is 1. The number of ketones is 1. The van der Waals surface area contributed by atoms with Gasteiger partial charge in [0.25, 0.3) is 0 Å². The minimum absolute atomic E-state index is 0.135. The van der Waals surface area contributed by atoms with Crippen LogP contribution in [0.15, 0.2) is 18.5 Å². The fraction of sp³-hybridized carbons (Fsp3) is 0.125. The minimum Gasteiger partial charge on any atom is -0.303 e. The number of carbonyl (C=O) groups excluding carboxylic acids is 2. The first-order valence-electron chi connectivity index (χ1n) is 3.32. The van der Waals surface area contributed by atoms with Crippen molar-refractivity contribution in [3.63, 3.8) is 0 Å². The predicted molar refractivity (Wildman–Crippen MR) is 39.2 cm³/mol. The zero-order valence-corrected chi connectivity index (χ0v) is 6.16. The van der Waals surface area contributed by atoms with Gasteiger partial charge in [-0.15, -0.1) is 0 Å². The Morgan fingerprint density at radius 3 is 3.00 bits per heavy atom. The van der Waals surface area contributed by atoms with Crippen LogP contribution >= 0.6 is 0 Å². The summed E-state index contributed by atoms with van der Waals surface area (Å²) in [7, 11) is 0. The van der Waals surface area contributed by atoms with E-state index in [1.165, 1.54) is 6.20 Å². The van der Waals surface area contributed by atoms with Crippen LogP contribution in [0, 0.1) is 5.82 Å². The summed E-state index contributed by atoms with van der Waals surface area (Å²) in [5.41, 5.74) is -0.135. The second-order valence-electron chi connectivity index (χ2n) is 2.15. The number of pyridine rings is 1. The maximum absolute atomic E-state index is 12.8. The molecule has 0 radical (unpaired) electrons. The zero-order chi connectivity index (χ0) is 8.97. The SMILES string of the molecule is O=CCC(=O)c1cnccc1F. The van der Waals surface area contributed by atoms with Crippen molar-refractivity contribution in [2.24, 2.45) is 0 Å². The van der Waals surface area contributed by atoms with E-state index >= 15 is 0 Å². The Morgan fingerprint density at radius 1 is 1.67 bits per heavy atom. The van der Waals surface area contributed by atoms with Crippen LogP contribution in [0.3, 0.4) is 0 Å². The summed E-state index contributed by atoms with van der Waals surface area (Å²) in [5, 5.41) is 0. The third-order valence-corrected chi connectivity index (χ3v) is 1.34. The van der Waals surface area contributed by atoms with E-state index in [9.17, 15) is 14.0 Å². The lowest BCUT2D eigenvalue weighted by Crippen LogP contribution is -2.03. The summed E-state index contributed by atoms with van der Waals surface area (Å²) in [6.07, 6.45) is 2.49. The molecule has 0 amide bonds. The molecule has 0 aliphatic carbocycles. The molecule has 0 atom stereocenters. The molecular weight excluding hydrogens is 161 g/mol. The molecule has 0 fully saturated rings. The highest BCUT2D eigenvalue weighted by molar-refractivity contribution is 6.02. The van der Waals surface area contributed by atoms with Gasteiger partial charge in [0.05, 0.1) is 12.0 Å². The Balaban J connectivity index is 2.94. The smallest absolute Gasteiger partial charge is 0.174 e. The number of hydrogen-bond acceptors (Lipinski definition) is 3. The van der Waals surface area contributed by atoms with Crippen LogP contribution in [0.2, 0.25) is 0 Å². The van der Waals surface area contributed by atoms with Crippen LogP contribution in [0.5, 0.6) is 0 Å². The highest BCUT2D eigenvalue weighted by atomic mass is 19.1. The quantitative estimate of drug-likeness (QED) is 0.383. The lowest BCUT2D eigenvalue weighted by molar-refractivity contribution is -0.107. The number of aldehydes is 1. The molecule has 62 valence electrons. The van der Waals surface area contributed by atoms with Crippen LogP contribution in [0.25, 0.3) is 0 Å². The van der Waals surface area contributed by atoms with E-state index < -0.39 is 11.6 Å². The first-order valence-corrected chi connectivity index (χ1v) is 3.32. The number of Topliss-reactive ketones (excluding diaryl/α,β-unsaturated/α-hetero) is 1. The molecule has 0 aromatic carbocycles. The average Bonchev–Trinajstić information content (AvgIpc) is 2.05. The van der Waals surface area contributed by atoms with E-state index in [0.29, 0.717) is 6.29 Å². The highest BCUT2D eigenvalue weighted by Gasteiger charge is 2.09. The van der Waals surface area contributed by atoms with Gasteiger partial charge in [0.15, 0.2) is 5.78 Å². The summed E-state index contributed by atoms with van der Waals surface area (Å²) < 4.78 is 12.8. The van der Waals surface area contributed by atoms with Crippen molar-refractivity contribution in [3.8, 4) is 0 Å². The first kappa shape index (κ1) is 8.52. The van der Waals surface area contributed by atoms with Gasteiger partial charge in [0, 0.05) is 12.4 Å². The molecule has 0 bridgehead atoms. The summed E-state index contributed by atoms with van der Waals surface area (Å²) in [6.45, 7) is 0. The third kappa shape index (κ3) is 1.72. The fourth-order valence-electron chi connectivity index (χ4n) is 0.768. The lowest BCUT2D eigenvalue weighted by atomic mass is 10.1. The van der Waals surface area contributed by atoms with Crippen LogP contribution < -0.4 is 0 Å². The van der Waals surface area contributed by atoms with E-state index in [2.05, 4.69) is 4.98 Å². The van der Waals surface area contributed by atoms with Gasteiger partial charge in [0.2, 0.25) is 0 Å². The molecule has 1 aromatic rings. The Bertz CT molecular complexity index is 312. The van der Waals surface area contributed by atoms with Crippen LogP contribution in [0.1, 0.15) is 16.8 Å². The van der Waals surface area contributed by atoms with Crippen LogP contribution in [-0.4, -0.2) is 17.1 Å². The van der Waals surface area contributed by atoms with Crippen molar-refractivity contribution < 1.29 is 14.0 Å². The predicted octanol–water partition coefficient (Wildman–Crippen LogP) is 0.992. The van der Waals surface area contributed by atoms with E-state index in [1.807, 2.05) is 0 Å². The standard InChI is InChI=1S/C8H6FNO2/c9-7-1-3-10-5-6(7)8(12)2-4-11/h1,3-5H,2H2. The molecule has 0 saturated heterocycles. The van der Waals surface area contributed by atoms with E-state index in [1.54, 1.807) is 0 Å². The first-order chi connectivity index (χ1) is 5.75. The largest absolute Gasteiger partial charge is 0.303 e. The van der Waals surface area contributed by atoms with Crippen LogP contribution in [-0.2, 0) is 4.79 Å². The molecule has 1 aromatic heterocycles. The summed E-state index contributed by atoms with van der Waals surface area (Å²) in [4.78, 5) is 24.5. The number of rotatable bonds is 3. The van der Waals surface area contributed by atoms with Crippen molar-refractivity contribution in [2.75, 3.05) is 0 Å². The van der Waals surface area contributed by atoms with E-state index in [4.69, 9.17) is 0 Å². The fourth-order valence-corrected chi connectivity index (χ4v) is 0.768. The molecule has 12 heavy (non-hydrogen) atoms. The number of hydrogen-bond donors (Lipinski definition) is 0. The Kier molecular flexibility index (Phi) is 2.63. The molecule has 0 spiro atoms. The van der Waals surface area contributed by atoms with Crippen molar-refractivity contribution in [1.82, 2.24) is 4.98 Å². The van der Waals surface area contributed by atoms with E-state index in [-0.39, 0.29) is 12.0 Å². The molecule has 0 unspecified atom stereocenters. The molecular formula is C8H6FNO2. The van der Waals surface area contributed by atoms with Gasteiger partial charge in [-0.1, -0.05) is 0 Å². The van der Waals surface area contributed by atoms with Gasteiger partial charge < -0.3 is 4.79 Å². The molecule has 1 rings (SSSR count). The molecule has 1 heterocycles. The van der Waals surface area contributed by atoms with Crippen molar-refractivity contribution in [3.05, 3.63) is 29.8 Å². The summed E-state index contributed by atoms with van der Waals surface area (Å²) in [6, 6.07) is 1.08. The van der Waals surface area contributed by atoms with Gasteiger partial charge >= 0.3 is 0 Å². The molecule has 3 nitrogen and oxygen atoms in total. The Morgan fingerprint density at radius 2 is 2.42 bits per heavy atom. The van der Waals surface area contributed by atoms with Crippen molar-refractivity contribution >= 4 is 12.1 Å². The normalized spacial score (nSPS) is 9.42. The van der Waals surface area contributed by atoms with Gasteiger partial charge in [-0.3, -0.25) is 9.78 Å². The molecule has 0 aliphatic heterocycles. The van der Waals surface area contributed by atoms with Gasteiger partial charge in [0.1, 0.15) is 12.1 Å². The summed E-state index contributed by atoms with van der Waals surface area (Å²) in [5.74, 6) is -1.19. The van der Waals surface area contributed by atoms with Gasteiger partial charge in [-0.2, -0.15) is 0 Å². The van der Waals surface area contributed by atoms with E-state index in [0.717, 1.165) is 12.3 Å². The number of nitrogens with zero attached hydrogens (tertiary/aromatic N) is 1. The maximum atomic E-state index is 12.8. The second kappa shape index (κ2) is 3.71. The summed E-state index contributed by atoms with van der Waals surface area (Å²) >= 11 is 0. The highest BCUT2D eigenvalue weighted by Crippen LogP contribution is 2.06. The third-order valence-electron chi connectivity index (χ3n) is 1.34. The monoisotopic (exact) mass is 167 g/mol. The topological polar surface area (TPSA) is 47.0 Å². The van der Waals surface area contributed by atoms with Crippen LogP contribution in [0.4, 0.5) is 4.39 Å². The van der Waals surface area contributed by atoms with Crippen molar-refractivity contribution in [2.45, 2.75) is 6.42 Å². The molecule has 4 heteroatoms.